The average molecular weight is 350 g/mol. The van der Waals surface area contributed by atoms with Gasteiger partial charge in [0.25, 0.3) is 0 Å². The Kier molecular flexibility index (Phi) is 3.74. The molecule has 0 fully saturated rings. The Labute approximate surface area is 116 Å². The van der Waals surface area contributed by atoms with Crippen LogP contribution in [0.25, 0.3) is 0 Å². The molecule has 0 unspecified atom stereocenters. The minimum Gasteiger partial charge on any atom is -0.396 e. The summed E-state index contributed by atoms with van der Waals surface area (Å²) in [6, 6.07) is 5.26. The number of nitrogen functional groups attached to an aromatic ring is 1. The van der Waals surface area contributed by atoms with Gasteiger partial charge in [-0.25, -0.2) is 12.8 Å². The Morgan fingerprint density at radius 2 is 2.06 bits per heavy atom. The van der Waals surface area contributed by atoms with Gasteiger partial charge in [0.15, 0.2) is 9.84 Å². The number of anilines is 1. The summed E-state index contributed by atoms with van der Waals surface area (Å²) in [6.45, 7) is 0. The lowest BCUT2D eigenvalue weighted by Crippen LogP contribution is -2.05. The SMILES string of the molecule is Nc1ccc(S(=O)(=O)Cc2cc(Br)cs2)cc1F. The maximum Gasteiger partial charge on any atom is 0.183 e. The Hall–Kier alpha value is -0.920. The van der Waals surface area contributed by atoms with Crippen LogP contribution in [-0.2, 0) is 15.6 Å². The molecule has 0 amide bonds. The first-order valence-corrected chi connectivity index (χ1v) is 8.22. The monoisotopic (exact) mass is 349 g/mol. The maximum atomic E-state index is 13.3. The summed E-state index contributed by atoms with van der Waals surface area (Å²) in [5, 5.41) is 1.80. The lowest BCUT2D eigenvalue weighted by molar-refractivity contribution is 0.591. The van der Waals surface area contributed by atoms with Crippen LogP contribution in [0.2, 0.25) is 0 Å². The number of benzene rings is 1. The van der Waals surface area contributed by atoms with Crippen molar-refractivity contribution in [3.63, 3.8) is 0 Å². The average Bonchev–Trinajstić information content (AvgIpc) is 2.67. The molecule has 0 bridgehead atoms. The molecule has 0 atom stereocenters. The van der Waals surface area contributed by atoms with E-state index in [1.165, 1.54) is 23.5 Å². The highest BCUT2D eigenvalue weighted by Gasteiger charge is 2.17. The van der Waals surface area contributed by atoms with Crippen LogP contribution in [0.3, 0.4) is 0 Å². The summed E-state index contributed by atoms with van der Waals surface area (Å²) in [5.41, 5.74) is 5.25. The van der Waals surface area contributed by atoms with Gasteiger partial charge in [0, 0.05) is 14.7 Å². The minimum atomic E-state index is -3.55. The van der Waals surface area contributed by atoms with Crippen molar-refractivity contribution in [1.29, 1.82) is 0 Å². The first kappa shape index (κ1) is 13.5. The Balaban J connectivity index is 2.33. The number of thiophene rings is 1. The number of sulfone groups is 1. The highest BCUT2D eigenvalue weighted by atomic mass is 79.9. The zero-order chi connectivity index (χ0) is 13.3. The molecule has 7 heteroatoms. The molecule has 1 aromatic heterocycles. The largest absolute Gasteiger partial charge is 0.396 e. The van der Waals surface area contributed by atoms with Crippen molar-refractivity contribution in [3.8, 4) is 0 Å². The quantitative estimate of drug-likeness (QED) is 0.865. The van der Waals surface area contributed by atoms with E-state index in [0.29, 0.717) is 4.88 Å². The van der Waals surface area contributed by atoms with E-state index in [0.717, 1.165) is 10.5 Å². The van der Waals surface area contributed by atoms with Crippen molar-refractivity contribution in [3.05, 3.63) is 44.8 Å². The molecule has 18 heavy (non-hydrogen) atoms. The van der Waals surface area contributed by atoms with Crippen LogP contribution < -0.4 is 5.73 Å². The first-order valence-electron chi connectivity index (χ1n) is 4.89. The van der Waals surface area contributed by atoms with Gasteiger partial charge in [-0.05, 0) is 40.2 Å². The smallest absolute Gasteiger partial charge is 0.183 e. The molecule has 0 aliphatic carbocycles. The Morgan fingerprint density at radius 3 is 2.61 bits per heavy atom. The third-order valence-electron chi connectivity index (χ3n) is 2.29. The van der Waals surface area contributed by atoms with E-state index < -0.39 is 15.7 Å². The molecule has 1 heterocycles. The van der Waals surface area contributed by atoms with Crippen molar-refractivity contribution >= 4 is 42.8 Å². The Morgan fingerprint density at radius 1 is 1.33 bits per heavy atom. The van der Waals surface area contributed by atoms with Crippen LogP contribution in [-0.4, -0.2) is 8.42 Å². The second kappa shape index (κ2) is 4.99. The second-order valence-electron chi connectivity index (χ2n) is 3.67. The molecular weight excluding hydrogens is 341 g/mol. The molecule has 0 spiro atoms. The fourth-order valence-corrected chi connectivity index (χ4v) is 4.56. The summed E-state index contributed by atoms with van der Waals surface area (Å²) in [7, 11) is -3.55. The molecule has 1 aromatic carbocycles. The van der Waals surface area contributed by atoms with E-state index in [4.69, 9.17) is 5.73 Å². The molecule has 0 saturated heterocycles. The molecule has 0 saturated carbocycles. The van der Waals surface area contributed by atoms with Crippen molar-refractivity contribution in [2.45, 2.75) is 10.6 Å². The van der Waals surface area contributed by atoms with Gasteiger partial charge in [-0.15, -0.1) is 11.3 Å². The van der Waals surface area contributed by atoms with Gasteiger partial charge in [-0.1, -0.05) is 0 Å². The van der Waals surface area contributed by atoms with E-state index in [2.05, 4.69) is 15.9 Å². The van der Waals surface area contributed by atoms with Crippen molar-refractivity contribution in [2.24, 2.45) is 0 Å². The van der Waals surface area contributed by atoms with Gasteiger partial charge < -0.3 is 5.73 Å². The maximum absolute atomic E-state index is 13.3. The molecule has 3 nitrogen and oxygen atoms in total. The molecule has 0 aliphatic rings. The van der Waals surface area contributed by atoms with Gasteiger partial charge in [-0.3, -0.25) is 0 Å². The minimum absolute atomic E-state index is 0.0567. The fraction of sp³-hybridized carbons (Fsp3) is 0.0909. The lowest BCUT2D eigenvalue weighted by atomic mass is 10.3. The number of hydrogen-bond donors (Lipinski definition) is 1. The van der Waals surface area contributed by atoms with Gasteiger partial charge >= 0.3 is 0 Å². The molecule has 2 rings (SSSR count). The van der Waals surface area contributed by atoms with Crippen LogP contribution in [0.5, 0.6) is 0 Å². The summed E-state index contributed by atoms with van der Waals surface area (Å²) >= 11 is 4.59. The van der Waals surface area contributed by atoms with Crippen molar-refractivity contribution < 1.29 is 12.8 Å². The van der Waals surface area contributed by atoms with Gasteiger partial charge in [-0.2, -0.15) is 0 Å². The number of rotatable bonds is 3. The predicted octanol–water partition coefficient (Wildman–Crippen LogP) is 3.21. The highest BCUT2D eigenvalue weighted by Crippen LogP contribution is 2.25. The zero-order valence-electron chi connectivity index (χ0n) is 9.06. The molecule has 96 valence electrons. The topological polar surface area (TPSA) is 60.2 Å². The zero-order valence-corrected chi connectivity index (χ0v) is 12.3. The van der Waals surface area contributed by atoms with E-state index in [9.17, 15) is 12.8 Å². The first-order chi connectivity index (χ1) is 8.38. The summed E-state index contributed by atoms with van der Waals surface area (Å²) in [6.07, 6.45) is 0. The van der Waals surface area contributed by atoms with E-state index in [1.54, 1.807) is 11.4 Å². The van der Waals surface area contributed by atoms with E-state index in [1.807, 2.05) is 0 Å². The molecule has 0 aliphatic heterocycles. The van der Waals surface area contributed by atoms with E-state index in [-0.39, 0.29) is 16.3 Å². The van der Waals surface area contributed by atoms with Crippen molar-refractivity contribution in [1.82, 2.24) is 0 Å². The third-order valence-corrected chi connectivity index (χ3v) is 5.83. The van der Waals surface area contributed by atoms with Crippen LogP contribution in [0, 0.1) is 5.82 Å². The van der Waals surface area contributed by atoms with Gasteiger partial charge in [0.1, 0.15) is 5.82 Å². The highest BCUT2D eigenvalue weighted by molar-refractivity contribution is 9.10. The number of nitrogens with two attached hydrogens (primary N) is 1. The summed E-state index contributed by atoms with van der Waals surface area (Å²) in [5.74, 6) is -0.865. The molecule has 0 radical (unpaired) electrons. The lowest BCUT2D eigenvalue weighted by Gasteiger charge is -2.04. The van der Waals surface area contributed by atoms with Crippen LogP contribution in [0.1, 0.15) is 4.88 Å². The molecular formula is C11H9BrFNO2S2. The number of halogens is 2. The van der Waals surface area contributed by atoms with Crippen molar-refractivity contribution in [2.75, 3.05) is 5.73 Å². The van der Waals surface area contributed by atoms with Crippen LogP contribution in [0.15, 0.2) is 39.0 Å². The summed E-state index contributed by atoms with van der Waals surface area (Å²) < 4.78 is 38.2. The predicted molar refractivity (Wildman–Crippen MR) is 73.7 cm³/mol. The normalized spacial score (nSPS) is 11.7. The van der Waals surface area contributed by atoms with Crippen LogP contribution in [0.4, 0.5) is 10.1 Å². The second-order valence-corrected chi connectivity index (χ2v) is 7.57. The molecule has 2 aromatic rings. The fourth-order valence-electron chi connectivity index (χ4n) is 1.40. The molecule has 2 N–H and O–H groups in total. The third kappa shape index (κ3) is 2.90. The van der Waals surface area contributed by atoms with Gasteiger partial charge in [0.2, 0.25) is 0 Å². The van der Waals surface area contributed by atoms with Gasteiger partial charge in [0.05, 0.1) is 16.3 Å². The summed E-state index contributed by atoms with van der Waals surface area (Å²) in [4.78, 5) is 0.637. The van der Waals surface area contributed by atoms with Crippen LogP contribution >= 0.6 is 27.3 Å². The Bertz CT molecular complexity index is 682. The standard InChI is InChI=1S/C11H9BrFNO2S2/c12-7-3-8(17-5-7)6-18(15,16)9-1-2-11(14)10(13)4-9/h1-5H,6,14H2. The van der Waals surface area contributed by atoms with E-state index >= 15 is 0 Å². The number of hydrogen-bond acceptors (Lipinski definition) is 4.